The number of nitrogens with one attached hydrogen (secondary N) is 2. The number of aromatic nitrogens is 2. The third-order valence-corrected chi connectivity index (χ3v) is 4.14. The van der Waals surface area contributed by atoms with Gasteiger partial charge in [0, 0.05) is 43.9 Å². The van der Waals surface area contributed by atoms with Gasteiger partial charge in [0.1, 0.15) is 18.2 Å². The monoisotopic (exact) mass is 402 g/mol. The van der Waals surface area contributed by atoms with E-state index in [4.69, 9.17) is 0 Å². The van der Waals surface area contributed by atoms with Crippen molar-refractivity contribution in [3.63, 3.8) is 0 Å². The van der Waals surface area contributed by atoms with E-state index in [0.717, 1.165) is 17.3 Å². The van der Waals surface area contributed by atoms with Crippen LogP contribution >= 0.6 is 0 Å². The average Bonchev–Trinajstić information content (AvgIpc) is 2.59. The van der Waals surface area contributed by atoms with Crippen LogP contribution in [0.25, 0.3) is 0 Å². The Kier molecular flexibility index (Phi) is 7.17. The molecule has 28 heavy (non-hydrogen) atoms. The zero-order valence-corrected chi connectivity index (χ0v) is 16.1. The van der Waals surface area contributed by atoms with E-state index in [1.165, 1.54) is 0 Å². The van der Waals surface area contributed by atoms with Crippen molar-refractivity contribution in [1.82, 2.24) is 25.5 Å². The molecule has 0 spiro atoms. The molecule has 0 radical (unpaired) electrons. The van der Waals surface area contributed by atoms with E-state index in [9.17, 15) is 22.8 Å². The van der Waals surface area contributed by atoms with Crippen LogP contribution in [0.5, 0.6) is 0 Å². The molecular formula is C17H25F3N6O2. The van der Waals surface area contributed by atoms with Crippen LogP contribution in [0.1, 0.15) is 31.3 Å². The van der Waals surface area contributed by atoms with E-state index < -0.39 is 24.7 Å². The second-order valence-electron chi connectivity index (χ2n) is 6.99. The number of piperazine rings is 1. The van der Waals surface area contributed by atoms with Crippen LogP contribution in [0.15, 0.2) is 6.07 Å². The lowest BCUT2D eigenvalue weighted by Gasteiger charge is -2.35. The summed E-state index contributed by atoms with van der Waals surface area (Å²) in [5.41, 5.74) is 0.889. The molecule has 0 aliphatic carbocycles. The molecule has 11 heteroatoms. The number of nitrogens with zero attached hydrogens (tertiary/aromatic N) is 4. The van der Waals surface area contributed by atoms with Crippen LogP contribution in [0.3, 0.4) is 0 Å². The Morgan fingerprint density at radius 1 is 1.18 bits per heavy atom. The minimum atomic E-state index is -4.52. The van der Waals surface area contributed by atoms with Gasteiger partial charge in [0.25, 0.3) is 0 Å². The summed E-state index contributed by atoms with van der Waals surface area (Å²) in [6, 6.07) is 0.762. The predicted octanol–water partition coefficient (Wildman–Crippen LogP) is 1.42. The molecule has 3 amide bonds. The fourth-order valence-corrected chi connectivity index (χ4v) is 2.72. The van der Waals surface area contributed by atoms with Crippen molar-refractivity contribution in [2.45, 2.75) is 32.9 Å². The summed E-state index contributed by atoms with van der Waals surface area (Å²) in [5, 5.41) is 3.51. The molecule has 2 N–H and O–H groups in total. The summed E-state index contributed by atoms with van der Waals surface area (Å²) in [6.07, 6.45) is -4.52. The van der Waals surface area contributed by atoms with Gasteiger partial charge < -0.3 is 10.2 Å². The number of urea groups is 1. The summed E-state index contributed by atoms with van der Waals surface area (Å²) in [6.45, 7) is 6.84. The molecule has 2 heterocycles. The number of rotatable bonds is 5. The summed E-state index contributed by atoms with van der Waals surface area (Å²) in [7, 11) is 0. The van der Waals surface area contributed by atoms with Crippen molar-refractivity contribution < 1.29 is 22.8 Å². The summed E-state index contributed by atoms with van der Waals surface area (Å²) >= 11 is 0. The van der Waals surface area contributed by atoms with Gasteiger partial charge in [0.15, 0.2) is 0 Å². The number of halogens is 3. The molecule has 0 bridgehead atoms. The maximum absolute atomic E-state index is 12.0. The highest BCUT2D eigenvalue weighted by Crippen LogP contribution is 2.18. The van der Waals surface area contributed by atoms with Gasteiger partial charge in [-0.2, -0.15) is 13.2 Å². The van der Waals surface area contributed by atoms with Crippen LogP contribution in [-0.2, 0) is 4.79 Å². The van der Waals surface area contributed by atoms with Gasteiger partial charge in [0.2, 0.25) is 5.91 Å². The Hall–Kier alpha value is -2.43. The molecule has 1 saturated heterocycles. The molecule has 0 aromatic carbocycles. The van der Waals surface area contributed by atoms with Gasteiger partial charge in [-0.05, 0) is 6.92 Å². The topological polar surface area (TPSA) is 90.5 Å². The fourth-order valence-electron chi connectivity index (χ4n) is 2.72. The van der Waals surface area contributed by atoms with Gasteiger partial charge in [-0.1, -0.05) is 13.8 Å². The Morgan fingerprint density at radius 3 is 2.39 bits per heavy atom. The Labute approximate surface area is 161 Å². The van der Waals surface area contributed by atoms with Gasteiger partial charge in [0.05, 0.1) is 6.54 Å². The van der Waals surface area contributed by atoms with Crippen LogP contribution in [0, 0.1) is 6.92 Å². The van der Waals surface area contributed by atoms with E-state index in [0.29, 0.717) is 26.2 Å². The van der Waals surface area contributed by atoms with E-state index in [1.54, 1.807) is 5.32 Å². The summed E-state index contributed by atoms with van der Waals surface area (Å²) < 4.78 is 36.1. The van der Waals surface area contributed by atoms with Crippen LogP contribution in [-0.4, -0.2) is 72.3 Å². The quantitative estimate of drug-likeness (QED) is 0.774. The number of imide groups is 1. The molecule has 1 aromatic rings. The average molecular weight is 402 g/mol. The van der Waals surface area contributed by atoms with E-state index in [-0.39, 0.29) is 12.5 Å². The Morgan fingerprint density at radius 2 is 1.82 bits per heavy atom. The van der Waals surface area contributed by atoms with Gasteiger partial charge in [-0.25, -0.2) is 14.8 Å². The maximum Gasteiger partial charge on any atom is 0.405 e. The van der Waals surface area contributed by atoms with Crippen LogP contribution < -0.4 is 15.5 Å². The first-order valence-electron chi connectivity index (χ1n) is 9.01. The molecule has 8 nitrogen and oxygen atoms in total. The number of carbonyl (C=O) groups excluding carboxylic acids is 2. The van der Waals surface area contributed by atoms with Crippen molar-refractivity contribution in [1.29, 1.82) is 0 Å². The molecular weight excluding hydrogens is 377 g/mol. The zero-order valence-electron chi connectivity index (χ0n) is 16.1. The highest BCUT2D eigenvalue weighted by atomic mass is 19.4. The first-order chi connectivity index (χ1) is 13.0. The lowest BCUT2D eigenvalue weighted by molar-refractivity contribution is -0.125. The minimum absolute atomic E-state index is 0.0622. The van der Waals surface area contributed by atoms with Gasteiger partial charge in [-0.15, -0.1) is 0 Å². The van der Waals surface area contributed by atoms with Gasteiger partial charge >= 0.3 is 12.2 Å². The second kappa shape index (κ2) is 9.18. The number of alkyl halides is 3. The molecule has 2 rings (SSSR count). The van der Waals surface area contributed by atoms with Gasteiger partial charge in [-0.3, -0.25) is 15.0 Å². The van der Waals surface area contributed by atoms with E-state index in [1.807, 2.05) is 37.1 Å². The van der Waals surface area contributed by atoms with Crippen molar-refractivity contribution in [3.8, 4) is 0 Å². The van der Waals surface area contributed by atoms with Crippen LogP contribution in [0.4, 0.5) is 23.8 Å². The smallest absolute Gasteiger partial charge is 0.354 e. The van der Waals surface area contributed by atoms with Crippen molar-refractivity contribution in [2.24, 2.45) is 0 Å². The third kappa shape index (κ3) is 6.95. The number of amides is 3. The second-order valence-corrected chi connectivity index (χ2v) is 6.99. The maximum atomic E-state index is 12.0. The standard InChI is InChI=1S/C17H25F3N6O2/c1-11(2)15-22-12(3)8-13(23-15)26-6-4-25(5-7-26)9-14(27)24-16(28)21-10-17(18,19)20/h8,11H,4-7,9-10H2,1-3H3,(H2,21,24,27,28). The number of anilines is 1. The number of carbonyl (C=O) groups is 2. The predicted molar refractivity (Wildman–Crippen MR) is 97.1 cm³/mol. The zero-order chi connectivity index (χ0) is 20.9. The minimum Gasteiger partial charge on any atom is -0.354 e. The van der Waals surface area contributed by atoms with Crippen molar-refractivity contribution >= 4 is 17.8 Å². The molecule has 0 unspecified atom stereocenters. The lowest BCUT2D eigenvalue weighted by atomic mass is 10.2. The highest BCUT2D eigenvalue weighted by Gasteiger charge is 2.28. The Balaban J connectivity index is 1.81. The fraction of sp³-hybridized carbons (Fsp3) is 0.647. The largest absolute Gasteiger partial charge is 0.405 e. The van der Waals surface area contributed by atoms with Crippen molar-refractivity contribution in [3.05, 3.63) is 17.6 Å². The first-order valence-corrected chi connectivity index (χ1v) is 9.01. The Bertz CT molecular complexity index is 703. The number of hydrogen-bond donors (Lipinski definition) is 2. The molecule has 1 aliphatic rings. The molecule has 1 aliphatic heterocycles. The molecule has 1 fully saturated rings. The molecule has 156 valence electrons. The number of hydrogen-bond acceptors (Lipinski definition) is 6. The van der Waals surface area contributed by atoms with E-state index >= 15 is 0 Å². The molecule has 1 aromatic heterocycles. The molecule has 0 atom stereocenters. The SMILES string of the molecule is Cc1cc(N2CCN(CC(=O)NC(=O)NCC(F)(F)F)CC2)nc(C(C)C)n1. The normalized spacial score (nSPS) is 15.6. The van der Waals surface area contributed by atoms with E-state index in [2.05, 4.69) is 14.9 Å². The van der Waals surface area contributed by atoms with Crippen molar-refractivity contribution in [2.75, 3.05) is 44.2 Å². The third-order valence-electron chi connectivity index (χ3n) is 4.14. The van der Waals surface area contributed by atoms with Crippen LogP contribution in [0.2, 0.25) is 0 Å². The lowest BCUT2D eigenvalue weighted by Crippen LogP contribution is -2.51. The first kappa shape index (κ1) is 21.9. The molecule has 0 saturated carbocycles. The number of aryl methyl sites for hydroxylation is 1. The highest BCUT2D eigenvalue weighted by molar-refractivity contribution is 5.95. The summed E-state index contributed by atoms with van der Waals surface area (Å²) in [5.74, 6) is 1.19. The summed E-state index contributed by atoms with van der Waals surface area (Å²) in [4.78, 5) is 36.1.